The lowest BCUT2D eigenvalue weighted by atomic mass is 9.99. The second-order valence-corrected chi connectivity index (χ2v) is 5.82. The Hall–Kier alpha value is -1.62. The van der Waals surface area contributed by atoms with Gasteiger partial charge in [0.1, 0.15) is 0 Å². The Bertz CT molecular complexity index is 608. The lowest BCUT2D eigenvalue weighted by molar-refractivity contribution is 0.508. The van der Waals surface area contributed by atoms with Crippen LogP contribution in [0.5, 0.6) is 0 Å². The number of rotatable bonds is 6. The molecule has 0 aromatic carbocycles. The van der Waals surface area contributed by atoms with E-state index in [0.29, 0.717) is 0 Å². The number of hydrogen-bond donors (Lipinski definition) is 1. The first kappa shape index (κ1) is 15.8. The Kier molecular flexibility index (Phi) is 4.83. The molecule has 0 spiro atoms. The molecule has 2 aromatic heterocycles. The van der Waals surface area contributed by atoms with Crippen molar-refractivity contribution in [3.8, 4) is 0 Å². The summed E-state index contributed by atoms with van der Waals surface area (Å²) in [7, 11) is 4.03. The van der Waals surface area contributed by atoms with Crippen LogP contribution in [0.1, 0.15) is 47.7 Å². The Labute approximate surface area is 127 Å². The maximum Gasteiger partial charge on any atom is 0.0644 e. The lowest BCUT2D eigenvalue weighted by Crippen LogP contribution is -2.26. The van der Waals surface area contributed by atoms with Crippen LogP contribution < -0.4 is 5.32 Å². The van der Waals surface area contributed by atoms with E-state index in [-0.39, 0.29) is 6.04 Å². The van der Waals surface area contributed by atoms with E-state index in [1.165, 1.54) is 17.0 Å². The molecule has 5 nitrogen and oxygen atoms in total. The normalized spacial score (nSPS) is 12.9. The third kappa shape index (κ3) is 3.35. The first-order valence-electron chi connectivity index (χ1n) is 7.67. The van der Waals surface area contributed by atoms with Gasteiger partial charge in [0.2, 0.25) is 0 Å². The maximum absolute atomic E-state index is 4.56. The van der Waals surface area contributed by atoms with Gasteiger partial charge in [-0.1, -0.05) is 6.92 Å². The van der Waals surface area contributed by atoms with E-state index in [9.17, 15) is 0 Å². The molecular formula is C16H27N5. The molecule has 0 amide bonds. The van der Waals surface area contributed by atoms with Gasteiger partial charge < -0.3 is 5.32 Å². The third-order valence-corrected chi connectivity index (χ3v) is 4.07. The van der Waals surface area contributed by atoms with Crippen molar-refractivity contribution in [2.45, 2.75) is 46.6 Å². The molecule has 2 aromatic rings. The predicted octanol–water partition coefficient (Wildman–Crippen LogP) is 2.36. The van der Waals surface area contributed by atoms with Gasteiger partial charge in [0.05, 0.1) is 11.4 Å². The lowest BCUT2D eigenvalue weighted by Gasteiger charge is -2.19. The molecule has 2 heterocycles. The van der Waals surface area contributed by atoms with E-state index in [0.717, 1.165) is 30.8 Å². The molecule has 0 aliphatic carbocycles. The molecular weight excluding hydrogens is 262 g/mol. The van der Waals surface area contributed by atoms with Gasteiger partial charge in [-0.25, -0.2) is 0 Å². The summed E-state index contributed by atoms with van der Waals surface area (Å²) in [6.07, 6.45) is 2.06. The van der Waals surface area contributed by atoms with Gasteiger partial charge in [-0.3, -0.25) is 9.36 Å². The average molecular weight is 289 g/mol. The van der Waals surface area contributed by atoms with E-state index in [1.807, 2.05) is 30.4 Å². The fourth-order valence-corrected chi connectivity index (χ4v) is 2.95. The molecule has 2 rings (SSSR count). The van der Waals surface area contributed by atoms with Crippen LogP contribution in [-0.2, 0) is 20.5 Å². The minimum absolute atomic E-state index is 0.286. The van der Waals surface area contributed by atoms with Crippen LogP contribution in [-0.4, -0.2) is 26.1 Å². The largest absolute Gasteiger partial charge is 0.309 e. The van der Waals surface area contributed by atoms with Crippen molar-refractivity contribution in [2.75, 3.05) is 6.54 Å². The monoisotopic (exact) mass is 289 g/mol. The molecule has 0 aliphatic heterocycles. The Morgan fingerprint density at radius 1 is 1.14 bits per heavy atom. The van der Waals surface area contributed by atoms with Gasteiger partial charge in [-0.15, -0.1) is 0 Å². The van der Waals surface area contributed by atoms with Crippen molar-refractivity contribution < 1.29 is 0 Å². The van der Waals surface area contributed by atoms with Gasteiger partial charge in [0, 0.05) is 43.5 Å². The minimum Gasteiger partial charge on any atom is -0.309 e. The molecule has 0 saturated heterocycles. The number of hydrogen-bond acceptors (Lipinski definition) is 3. The fraction of sp³-hybridized carbons (Fsp3) is 0.625. The summed E-state index contributed by atoms with van der Waals surface area (Å²) in [6, 6.07) is 2.45. The number of aryl methyl sites for hydroxylation is 4. The highest BCUT2D eigenvalue weighted by Crippen LogP contribution is 2.25. The number of nitrogens with one attached hydrogen (secondary N) is 1. The van der Waals surface area contributed by atoms with Crippen LogP contribution in [0.25, 0.3) is 0 Å². The highest BCUT2D eigenvalue weighted by Gasteiger charge is 2.21. The Balaban J connectivity index is 2.32. The van der Waals surface area contributed by atoms with Gasteiger partial charge in [0.25, 0.3) is 0 Å². The van der Waals surface area contributed by atoms with Gasteiger partial charge >= 0.3 is 0 Å². The minimum atomic E-state index is 0.286. The zero-order valence-electron chi connectivity index (χ0n) is 14.1. The Morgan fingerprint density at radius 3 is 2.33 bits per heavy atom. The second kappa shape index (κ2) is 6.43. The van der Waals surface area contributed by atoms with Crippen LogP contribution in [0.2, 0.25) is 0 Å². The molecule has 1 N–H and O–H groups in total. The summed E-state index contributed by atoms with van der Waals surface area (Å²) < 4.78 is 3.96. The van der Waals surface area contributed by atoms with Crippen molar-refractivity contribution in [1.29, 1.82) is 0 Å². The van der Waals surface area contributed by atoms with E-state index < -0.39 is 0 Å². The van der Waals surface area contributed by atoms with Crippen molar-refractivity contribution in [3.63, 3.8) is 0 Å². The zero-order valence-corrected chi connectivity index (χ0v) is 14.1. The van der Waals surface area contributed by atoms with E-state index in [4.69, 9.17) is 0 Å². The highest BCUT2D eigenvalue weighted by molar-refractivity contribution is 5.29. The first-order chi connectivity index (χ1) is 9.93. The third-order valence-electron chi connectivity index (χ3n) is 4.07. The summed E-state index contributed by atoms with van der Waals surface area (Å²) in [6.45, 7) is 9.48. The molecule has 0 radical (unpaired) electrons. The van der Waals surface area contributed by atoms with E-state index >= 15 is 0 Å². The number of aromatic nitrogens is 4. The maximum atomic E-state index is 4.56. The van der Waals surface area contributed by atoms with Crippen molar-refractivity contribution in [1.82, 2.24) is 24.9 Å². The Morgan fingerprint density at radius 2 is 1.86 bits per heavy atom. The molecule has 0 saturated carbocycles. The molecule has 21 heavy (non-hydrogen) atoms. The molecule has 116 valence electrons. The van der Waals surface area contributed by atoms with Crippen molar-refractivity contribution in [3.05, 3.63) is 34.4 Å². The van der Waals surface area contributed by atoms with Crippen LogP contribution in [0, 0.1) is 20.8 Å². The van der Waals surface area contributed by atoms with Gasteiger partial charge in [-0.2, -0.15) is 10.2 Å². The smallest absolute Gasteiger partial charge is 0.0644 e. The second-order valence-electron chi connectivity index (χ2n) is 5.82. The van der Waals surface area contributed by atoms with Gasteiger partial charge in [-0.05, 0) is 39.8 Å². The van der Waals surface area contributed by atoms with Crippen LogP contribution in [0.4, 0.5) is 0 Å². The summed E-state index contributed by atoms with van der Waals surface area (Å²) in [5.41, 5.74) is 6.00. The number of nitrogens with zero attached hydrogens (tertiary/aromatic N) is 4. The molecule has 5 heteroatoms. The van der Waals surface area contributed by atoms with E-state index in [1.54, 1.807) is 0 Å². The van der Waals surface area contributed by atoms with Crippen LogP contribution in [0.3, 0.4) is 0 Å². The van der Waals surface area contributed by atoms with Crippen molar-refractivity contribution >= 4 is 0 Å². The average Bonchev–Trinajstić information content (AvgIpc) is 2.85. The zero-order chi connectivity index (χ0) is 15.6. The SMILES string of the molecule is CCCNC(Cc1cc(C)nn1C)c1c(C)nn(C)c1C. The van der Waals surface area contributed by atoms with Crippen molar-refractivity contribution in [2.24, 2.45) is 14.1 Å². The van der Waals surface area contributed by atoms with Gasteiger partial charge in [0.15, 0.2) is 0 Å². The standard InChI is InChI=1S/C16H27N5/c1-7-8-17-15(10-14-9-11(2)18-21(14)6)16-12(3)19-20(5)13(16)4/h9,15,17H,7-8,10H2,1-6H3. The summed E-state index contributed by atoms with van der Waals surface area (Å²) >= 11 is 0. The fourth-order valence-electron chi connectivity index (χ4n) is 2.95. The molecule has 1 unspecified atom stereocenters. The summed E-state index contributed by atoms with van der Waals surface area (Å²) in [5, 5.41) is 12.7. The summed E-state index contributed by atoms with van der Waals surface area (Å²) in [4.78, 5) is 0. The molecule has 0 fully saturated rings. The molecule has 1 atom stereocenters. The predicted molar refractivity (Wildman–Crippen MR) is 85.4 cm³/mol. The van der Waals surface area contributed by atoms with E-state index in [2.05, 4.69) is 42.4 Å². The topological polar surface area (TPSA) is 47.7 Å². The molecule has 0 bridgehead atoms. The molecule has 0 aliphatic rings. The summed E-state index contributed by atoms with van der Waals surface area (Å²) in [5.74, 6) is 0. The first-order valence-corrected chi connectivity index (χ1v) is 7.67. The van der Waals surface area contributed by atoms with Crippen LogP contribution in [0.15, 0.2) is 6.07 Å². The van der Waals surface area contributed by atoms with Crippen LogP contribution >= 0.6 is 0 Å². The quantitative estimate of drug-likeness (QED) is 0.888. The highest BCUT2D eigenvalue weighted by atomic mass is 15.3.